The maximum atomic E-state index is 12.6. The number of hydrogen-bond acceptors (Lipinski definition) is 6. The SMILES string of the molecule is COCCn1nc(C(=O)N(C)Cc2nc3ccccc3c(=O)[nH]2)ccc1=O. The highest BCUT2D eigenvalue weighted by atomic mass is 16.5. The Morgan fingerprint density at radius 2 is 2.00 bits per heavy atom. The van der Waals surface area contributed by atoms with Crippen molar-refractivity contribution in [1.29, 1.82) is 0 Å². The summed E-state index contributed by atoms with van der Waals surface area (Å²) in [6.45, 7) is 0.653. The van der Waals surface area contributed by atoms with Crippen molar-refractivity contribution < 1.29 is 9.53 Å². The van der Waals surface area contributed by atoms with Gasteiger partial charge in [-0.25, -0.2) is 9.67 Å². The monoisotopic (exact) mass is 369 g/mol. The lowest BCUT2D eigenvalue weighted by atomic mass is 10.2. The van der Waals surface area contributed by atoms with E-state index in [2.05, 4.69) is 15.1 Å². The first-order valence-electron chi connectivity index (χ1n) is 8.30. The number of aromatic amines is 1. The average molecular weight is 369 g/mol. The van der Waals surface area contributed by atoms with E-state index in [1.54, 1.807) is 31.3 Å². The molecule has 1 aromatic carbocycles. The molecule has 0 radical (unpaired) electrons. The van der Waals surface area contributed by atoms with Crippen LogP contribution in [0.5, 0.6) is 0 Å². The Labute approximate surface area is 154 Å². The molecule has 2 heterocycles. The third kappa shape index (κ3) is 4.09. The Hall–Kier alpha value is -3.33. The van der Waals surface area contributed by atoms with E-state index in [9.17, 15) is 14.4 Å². The zero-order chi connectivity index (χ0) is 19.4. The molecule has 0 aliphatic heterocycles. The van der Waals surface area contributed by atoms with Crippen molar-refractivity contribution in [1.82, 2.24) is 24.6 Å². The van der Waals surface area contributed by atoms with E-state index in [1.807, 2.05) is 0 Å². The van der Waals surface area contributed by atoms with E-state index >= 15 is 0 Å². The highest BCUT2D eigenvalue weighted by molar-refractivity contribution is 5.91. The van der Waals surface area contributed by atoms with E-state index in [-0.39, 0.29) is 29.9 Å². The standard InChI is InChI=1S/C18H19N5O4/c1-22(11-15-19-13-6-4-3-5-12(13)17(25)20-15)18(26)14-7-8-16(24)23(21-14)9-10-27-2/h3-8H,9-11H2,1-2H3,(H,19,20,25). The van der Waals surface area contributed by atoms with Gasteiger partial charge >= 0.3 is 0 Å². The lowest BCUT2D eigenvalue weighted by molar-refractivity contribution is 0.0772. The van der Waals surface area contributed by atoms with Crippen molar-refractivity contribution >= 4 is 16.8 Å². The molecule has 9 heteroatoms. The number of methoxy groups -OCH3 is 1. The second-order valence-corrected chi connectivity index (χ2v) is 5.96. The number of nitrogens with one attached hydrogen (secondary N) is 1. The number of nitrogens with zero attached hydrogens (tertiary/aromatic N) is 4. The van der Waals surface area contributed by atoms with Crippen molar-refractivity contribution in [2.45, 2.75) is 13.1 Å². The minimum absolute atomic E-state index is 0.0950. The van der Waals surface area contributed by atoms with Crippen molar-refractivity contribution in [2.24, 2.45) is 0 Å². The molecule has 1 amide bonds. The Morgan fingerprint density at radius 1 is 1.22 bits per heavy atom. The van der Waals surface area contributed by atoms with Gasteiger partial charge in [0.15, 0.2) is 0 Å². The largest absolute Gasteiger partial charge is 0.383 e. The molecule has 3 rings (SSSR count). The summed E-state index contributed by atoms with van der Waals surface area (Å²) in [5, 5.41) is 4.57. The molecular formula is C18H19N5O4. The minimum Gasteiger partial charge on any atom is -0.383 e. The molecule has 1 N–H and O–H groups in total. The number of carbonyl (C=O) groups is 1. The zero-order valence-electron chi connectivity index (χ0n) is 15.0. The van der Waals surface area contributed by atoms with E-state index in [1.165, 1.54) is 28.8 Å². The minimum atomic E-state index is -0.392. The number of hydrogen-bond donors (Lipinski definition) is 1. The fourth-order valence-corrected chi connectivity index (χ4v) is 2.60. The van der Waals surface area contributed by atoms with E-state index in [0.717, 1.165) is 0 Å². The summed E-state index contributed by atoms with van der Waals surface area (Å²) in [7, 11) is 3.09. The summed E-state index contributed by atoms with van der Waals surface area (Å²) >= 11 is 0. The van der Waals surface area contributed by atoms with Crippen molar-refractivity contribution in [2.75, 3.05) is 20.8 Å². The van der Waals surface area contributed by atoms with Crippen molar-refractivity contribution in [3.63, 3.8) is 0 Å². The Morgan fingerprint density at radius 3 is 2.78 bits per heavy atom. The van der Waals surface area contributed by atoms with Crippen LogP contribution in [0.3, 0.4) is 0 Å². The molecule has 9 nitrogen and oxygen atoms in total. The molecule has 3 aromatic rings. The highest BCUT2D eigenvalue weighted by Crippen LogP contribution is 2.08. The van der Waals surface area contributed by atoms with Gasteiger partial charge in [-0.15, -0.1) is 0 Å². The number of aromatic nitrogens is 4. The molecule has 0 fully saturated rings. The van der Waals surface area contributed by atoms with Crippen LogP contribution in [0.4, 0.5) is 0 Å². The molecule has 0 bridgehead atoms. The summed E-state index contributed by atoms with van der Waals surface area (Å²) < 4.78 is 6.12. The number of carbonyl (C=O) groups excluding carboxylic acids is 1. The number of H-pyrrole nitrogens is 1. The molecule has 140 valence electrons. The number of benzene rings is 1. The quantitative estimate of drug-likeness (QED) is 0.673. The summed E-state index contributed by atoms with van der Waals surface area (Å²) in [5.41, 5.74) is 0.106. The number of fused-ring (bicyclic) bond motifs is 1. The second kappa shape index (κ2) is 7.92. The highest BCUT2D eigenvalue weighted by Gasteiger charge is 2.16. The smallest absolute Gasteiger partial charge is 0.274 e. The predicted molar refractivity (Wildman–Crippen MR) is 98.5 cm³/mol. The number of ether oxygens (including phenoxy) is 1. The van der Waals surface area contributed by atoms with Crippen molar-refractivity contribution in [3.8, 4) is 0 Å². The Bertz CT molecular complexity index is 1090. The number of amides is 1. The van der Waals surface area contributed by atoms with Crippen LogP contribution in [0.15, 0.2) is 46.0 Å². The first kappa shape index (κ1) is 18.5. The lowest BCUT2D eigenvalue weighted by Crippen LogP contribution is -2.32. The summed E-state index contributed by atoms with van der Waals surface area (Å²) in [4.78, 5) is 45.0. The first-order chi connectivity index (χ1) is 13.0. The summed E-state index contributed by atoms with van der Waals surface area (Å²) in [6, 6.07) is 9.65. The normalized spacial score (nSPS) is 10.9. The van der Waals surface area contributed by atoms with Gasteiger partial charge < -0.3 is 14.6 Å². The van der Waals surface area contributed by atoms with E-state index < -0.39 is 5.91 Å². The third-order valence-electron chi connectivity index (χ3n) is 3.99. The van der Waals surface area contributed by atoms with Crippen molar-refractivity contribution in [3.05, 3.63) is 68.6 Å². The molecule has 0 atom stereocenters. The van der Waals surface area contributed by atoms with E-state index in [0.29, 0.717) is 23.3 Å². The van der Waals surface area contributed by atoms with Gasteiger partial charge in [0, 0.05) is 20.2 Å². The number of rotatable bonds is 6. The van der Waals surface area contributed by atoms with Crippen LogP contribution in [0, 0.1) is 0 Å². The Balaban J connectivity index is 1.82. The Kier molecular flexibility index (Phi) is 5.41. The molecule has 0 spiro atoms. The average Bonchev–Trinajstić information content (AvgIpc) is 2.67. The van der Waals surface area contributed by atoms with Gasteiger partial charge in [0.25, 0.3) is 17.0 Å². The maximum absolute atomic E-state index is 12.6. The summed E-state index contributed by atoms with van der Waals surface area (Å²) in [5.74, 6) is -0.0285. The topological polar surface area (TPSA) is 110 Å². The molecule has 0 aliphatic rings. The van der Waals surface area contributed by atoms with Gasteiger partial charge in [0.05, 0.1) is 30.6 Å². The maximum Gasteiger partial charge on any atom is 0.274 e. The van der Waals surface area contributed by atoms with E-state index in [4.69, 9.17) is 4.74 Å². The molecule has 27 heavy (non-hydrogen) atoms. The van der Waals surface area contributed by atoms with Crippen LogP contribution in [0.2, 0.25) is 0 Å². The third-order valence-corrected chi connectivity index (χ3v) is 3.99. The van der Waals surface area contributed by atoms with Crippen LogP contribution in [-0.2, 0) is 17.8 Å². The first-order valence-corrected chi connectivity index (χ1v) is 8.30. The molecule has 0 saturated carbocycles. The molecular weight excluding hydrogens is 350 g/mol. The molecule has 0 unspecified atom stereocenters. The van der Waals surface area contributed by atoms with Crippen LogP contribution >= 0.6 is 0 Å². The number of para-hydroxylation sites is 1. The molecule has 0 saturated heterocycles. The fraction of sp³-hybridized carbons (Fsp3) is 0.278. The zero-order valence-corrected chi connectivity index (χ0v) is 15.0. The van der Waals surface area contributed by atoms with Gasteiger partial charge in [-0.3, -0.25) is 14.4 Å². The fourth-order valence-electron chi connectivity index (χ4n) is 2.60. The lowest BCUT2D eigenvalue weighted by Gasteiger charge is -2.16. The van der Waals surface area contributed by atoms with Crippen LogP contribution in [0.1, 0.15) is 16.3 Å². The van der Waals surface area contributed by atoms with Crippen LogP contribution in [0.25, 0.3) is 10.9 Å². The second-order valence-electron chi connectivity index (χ2n) is 5.96. The summed E-state index contributed by atoms with van der Waals surface area (Å²) in [6.07, 6.45) is 0. The van der Waals surface area contributed by atoms with Gasteiger partial charge in [-0.05, 0) is 18.2 Å². The van der Waals surface area contributed by atoms with Crippen LogP contribution < -0.4 is 11.1 Å². The van der Waals surface area contributed by atoms with Crippen LogP contribution in [-0.4, -0.2) is 51.3 Å². The van der Waals surface area contributed by atoms with Gasteiger partial charge in [0.1, 0.15) is 11.5 Å². The predicted octanol–water partition coefficient (Wildman–Crippen LogP) is 0.398. The van der Waals surface area contributed by atoms with Gasteiger partial charge in [-0.2, -0.15) is 5.10 Å². The van der Waals surface area contributed by atoms with Gasteiger partial charge in [0.2, 0.25) is 0 Å². The molecule has 2 aromatic heterocycles. The molecule has 0 aliphatic carbocycles. The van der Waals surface area contributed by atoms with Gasteiger partial charge in [-0.1, -0.05) is 12.1 Å².